The van der Waals surface area contributed by atoms with Gasteiger partial charge in [0.1, 0.15) is 0 Å². The summed E-state index contributed by atoms with van der Waals surface area (Å²) in [6, 6.07) is 6.15. The van der Waals surface area contributed by atoms with Crippen LogP contribution in [0.1, 0.15) is 158 Å². The molecule has 0 aromatic heterocycles. The molecule has 1 aromatic carbocycles. The van der Waals surface area contributed by atoms with Gasteiger partial charge in [-0.05, 0) is 170 Å². The Labute approximate surface area is 326 Å². The zero-order valence-corrected chi connectivity index (χ0v) is 35.4. The van der Waals surface area contributed by atoms with Gasteiger partial charge in [-0.1, -0.05) is 99.3 Å². The predicted octanol–water partition coefficient (Wildman–Crippen LogP) is 15.0. The van der Waals surface area contributed by atoms with Crippen molar-refractivity contribution >= 4 is 12.4 Å². The number of halogens is 1. The lowest BCUT2D eigenvalue weighted by Crippen LogP contribution is -2.13. The van der Waals surface area contributed by atoms with Crippen molar-refractivity contribution in [2.75, 3.05) is 13.3 Å². The molecule has 0 spiro atoms. The number of ether oxygens (including phenoxy) is 2. The van der Waals surface area contributed by atoms with Gasteiger partial charge >= 0.3 is 0 Å². The molecule has 0 aliphatic carbocycles. The van der Waals surface area contributed by atoms with Gasteiger partial charge in [-0.15, -0.1) is 12.4 Å². The zero-order chi connectivity index (χ0) is 37.3. The van der Waals surface area contributed by atoms with Crippen LogP contribution in [0.3, 0.4) is 0 Å². The first-order chi connectivity index (χ1) is 24.5. The summed E-state index contributed by atoms with van der Waals surface area (Å²) in [5.74, 6) is 1.69. The lowest BCUT2D eigenvalue weighted by atomic mass is 10.0. The van der Waals surface area contributed by atoms with Crippen LogP contribution in [-0.2, 0) is 6.54 Å². The first-order valence-electron chi connectivity index (χ1n) is 19.8. The van der Waals surface area contributed by atoms with Gasteiger partial charge in [0.15, 0.2) is 11.5 Å². The van der Waals surface area contributed by atoms with E-state index in [4.69, 9.17) is 9.47 Å². The summed E-state index contributed by atoms with van der Waals surface area (Å²) in [7, 11) is 0. The molecule has 3 nitrogen and oxygen atoms in total. The first kappa shape index (κ1) is 47.0. The third-order valence-electron chi connectivity index (χ3n) is 9.64. The summed E-state index contributed by atoms with van der Waals surface area (Å²) >= 11 is 0. The highest BCUT2D eigenvalue weighted by atomic mass is 35.5. The molecule has 1 aliphatic rings. The smallest absolute Gasteiger partial charge is 0.231 e. The van der Waals surface area contributed by atoms with Gasteiger partial charge in [0.05, 0.1) is 0 Å². The lowest BCUT2D eigenvalue weighted by Gasteiger charge is -2.05. The predicted molar refractivity (Wildman–Crippen MR) is 232 cm³/mol. The third kappa shape index (κ3) is 23.5. The average Bonchev–Trinajstić information content (AvgIpc) is 3.55. The minimum atomic E-state index is 0. The van der Waals surface area contributed by atoms with Crippen LogP contribution in [0, 0.1) is 0 Å². The number of benzene rings is 1. The van der Waals surface area contributed by atoms with E-state index in [-0.39, 0.29) is 12.4 Å². The van der Waals surface area contributed by atoms with Crippen LogP contribution in [0.2, 0.25) is 0 Å². The molecular formula is C48H74ClNO2. The Morgan fingerprint density at radius 2 is 0.827 bits per heavy atom. The molecule has 2 rings (SSSR count). The maximum Gasteiger partial charge on any atom is 0.231 e. The average molecular weight is 733 g/mol. The highest BCUT2D eigenvalue weighted by molar-refractivity contribution is 5.85. The molecule has 1 heterocycles. The molecule has 0 fully saturated rings. The van der Waals surface area contributed by atoms with Gasteiger partial charge in [0.2, 0.25) is 6.79 Å². The quantitative estimate of drug-likeness (QED) is 0.0802. The monoisotopic (exact) mass is 732 g/mol. The zero-order valence-electron chi connectivity index (χ0n) is 34.6. The fraction of sp³-hybridized carbons (Fsp3) is 0.542. The van der Waals surface area contributed by atoms with Crippen molar-refractivity contribution < 1.29 is 9.47 Å². The number of hydrogen-bond donors (Lipinski definition) is 1. The van der Waals surface area contributed by atoms with Gasteiger partial charge in [-0.2, -0.15) is 0 Å². The molecule has 0 saturated heterocycles. The largest absolute Gasteiger partial charge is 0.454 e. The summed E-state index contributed by atoms with van der Waals surface area (Å²) in [6.07, 6.45) is 35.5. The second kappa shape index (κ2) is 28.5. The van der Waals surface area contributed by atoms with Crippen LogP contribution >= 0.6 is 12.4 Å². The molecule has 290 valence electrons. The first-order valence-corrected chi connectivity index (χ1v) is 19.8. The van der Waals surface area contributed by atoms with E-state index in [9.17, 15) is 0 Å². The number of fused-ring (bicyclic) bond motifs is 1. The molecule has 1 aromatic rings. The Hall–Kier alpha value is -3.01. The van der Waals surface area contributed by atoms with Gasteiger partial charge in [-0.3, -0.25) is 0 Å². The molecular weight excluding hydrogens is 658 g/mol. The van der Waals surface area contributed by atoms with Crippen LogP contribution in [0.15, 0.2) is 111 Å². The molecule has 0 radical (unpaired) electrons. The van der Waals surface area contributed by atoms with Crippen molar-refractivity contribution in [1.82, 2.24) is 5.32 Å². The van der Waals surface area contributed by atoms with Crippen molar-refractivity contribution in [2.24, 2.45) is 0 Å². The number of hydrogen-bond acceptors (Lipinski definition) is 3. The third-order valence-corrected chi connectivity index (χ3v) is 9.64. The van der Waals surface area contributed by atoms with E-state index in [2.05, 4.69) is 128 Å². The second-order valence-corrected chi connectivity index (χ2v) is 15.2. The van der Waals surface area contributed by atoms with Crippen LogP contribution < -0.4 is 14.8 Å². The van der Waals surface area contributed by atoms with Crippen LogP contribution in [0.25, 0.3) is 0 Å². The van der Waals surface area contributed by atoms with E-state index in [0.29, 0.717) is 6.79 Å². The Kier molecular flexibility index (Phi) is 25.8. The summed E-state index contributed by atoms with van der Waals surface area (Å²) in [5.41, 5.74) is 13.2. The molecule has 0 atom stereocenters. The second-order valence-electron chi connectivity index (χ2n) is 15.2. The lowest BCUT2D eigenvalue weighted by molar-refractivity contribution is 0.174. The van der Waals surface area contributed by atoms with Gasteiger partial charge in [0.25, 0.3) is 0 Å². The van der Waals surface area contributed by atoms with Crippen molar-refractivity contribution in [3.05, 3.63) is 117 Å². The van der Waals surface area contributed by atoms with E-state index in [0.717, 1.165) is 69.5 Å². The van der Waals surface area contributed by atoms with E-state index >= 15 is 0 Å². The van der Waals surface area contributed by atoms with Crippen molar-refractivity contribution in [2.45, 2.75) is 159 Å². The molecule has 0 bridgehead atoms. The Morgan fingerprint density at radius 1 is 0.481 bits per heavy atom. The van der Waals surface area contributed by atoms with Gasteiger partial charge in [-0.25, -0.2) is 0 Å². The van der Waals surface area contributed by atoms with E-state index in [1.165, 1.54) is 95.1 Å². The summed E-state index contributed by atoms with van der Waals surface area (Å²) in [6.45, 7) is 22.4. The van der Waals surface area contributed by atoms with Crippen molar-refractivity contribution in [1.29, 1.82) is 0 Å². The summed E-state index contributed by atoms with van der Waals surface area (Å²) in [5, 5.41) is 3.51. The van der Waals surface area contributed by atoms with Crippen molar-refractivity contribution in [3.8, 4) is 11.5 Å². The molecule has 1 N–H and O–H groups in total. The molecule has 4 heteroatoms. The van der Waals surface area contributed by atoms with Crippen LogP contribution in [0.4, 0.5) is 0 Å². The Balaban J connectivity index is 0.0000135. The summed E-state index contributed by atoms with van der Waals surface area (Å²) in [4.78, 5) is 0. The standard InChI is InChI=1S/C48H73NO2.ClH/c1-38(2)17-10-18-39(3)19-11-20-40(4)21-12-22-41(5)23-13-24-42(6)25-14-26-43(7)27-15-28-44(8)29-16-30-45(9)33-34-49-36-46-31-32-47-48(35-46)51-37-50-47;/h17,19,21,23,25,27,29,31-33,35,49H,10-16,18,20,22,24,26,28,30,34,36-37H2,1-9H3;1H/b39-19?,40-21?,41-23?,42-25?,43-27?,44-29?,45-33+;. The SMILES string of the molecule is CC(C)=CCCC(C)=CCCC(C)=CCCC(C)=CCCC(C)=CCCC(C)=CCCC(C)=CCC/C(C)=C/CNCc1ccc2c(c1)OCO2.Cl. The number of rotatable bonds is 25. The topological polar surface area (TPSA) is 30.5 Å². The van der Waals surface area contributed by atoms with Gasteiger partial charge in [0, 0.05) is 13.1 Å². The fourth-order valence-electron chi connectivity index (χ4n) is 6.09. The number of allylic oxidation sites excluding steroid dienone is 15. The Bertz CT molecular complexity index is 1430. The molecule has 52 heavy (non-hydrogen) atoms. The van der Waals surface area contributed by atoms with Crippen LogP contribution in [-0.4, -0.2) is 13.3 Å². The molecule has 0 saturated carbocycles. The minimum Gasteiger partial charge on any atom is -0.454 e. The van der Waals surface area contributed by atoms with E-state index in [1.807, 2.05) is 6.07 Å². The fourth-order valence-corrected chi connectivity index (χ4v) is 6.09. The maximum absolute atomic E-state index is 5.47. The van der Waals surface area contributed by atoms with Crippen LogP contribution in [0.5, 0.6) is 11.5 Å². The molecule has 0 amide bonds. The number of nitrogens with one attached hydrogen (secondary N) is 1. The highest BCUT2D eigenvalue weighted by Gasteiger charge is 2.12. The van der Waals surface area contributed by atoms with Gasteiger partial charge < -0.3 is 14.8 Å². The van der Waals surface area contributed by atoms with Crippen molar-refractivity contribution in [3.63, 3.8) is 0 Å². The summed E-state index contributed by atoms with van der Waals surface area (Å²) < 4.78 is 10.9. The highest BCUT2D eigenvalue weighted by Crippen LogP contribution is 2.32. The maximum atomic E-state index is 5.47. The minimum absolute atomic E-state index is 0. The molecule has 0 unspecified atom stereocenters. The normalized spacial score (nSPS) is 14.5. The van der Waals surface area contributed by atoms with E-state index in [1.54, 1.807) is 0 Å². The Morgan fingerprint density at radius 3 is 1.21 bits per heavy atom. The molecule has 1 aliphatic heterocycles. The van der Waals surface area contributed by atoms with E-state index < -0.39 is 0 Å².